The second-order valence-corrected chi connectivity index (χ2v) is 9.69. The molecule has 32 heavy (non-hydrogen) atoms. The highest BCUT2D eigenvalue weighted by atomic mass is 32.2. The summed E-state index contributed by atoms with van der Waals surface area (Å²) in [4.78, 5) is 39.8. The third kappa shape index (κ3) is 5.67. The number of benzene rings is 2. The minimum absolute atomic E-state index is 0.00565. The van der Waals surface area contributed by atoms with E-state index in [4.69, 9.17) is 9.88 Å². The van der Waals surface area contributed by atoms with Crippen LogP contribution < -0.4 is 15.4 Å². The third-order valence-electron chi connectivity index (χ3n) is 4.94. The highest BCUT2D eigenvalue weighted by Crippen LogP contribution is 2.29. The summed E-state index contributed by atoms with van der Waals surface area (Å²) in [5, 5.41) is 7.58. The number of ether oxygens (including phenoxy) is 1. The Morgan fingerprint density at radius 3 is 2.53 bits per heavy atom. The van der Waals surface area contributed by atoms with Crippen LogP contribution in [0.4, 0.5) is 11.4 Å². The average molecular weight is 478 g/mol. The number of rotatable bonds is 7. The average Bonchev–Trinajstić information content (AvgIpc) is 3.15. The van der Waals surface area contributed by atoms with Gasteiger partial charge in [-0.3, -0.25) is 14.4 Å². The Morgan fingerprint density at radius 2 is 1.91 bits per heavy atom. The first-order valence-corrected chi connectivity index (χ1v) is 12.4. The molecule has 170 valence electrons. The van der Waals surface area contributed by atoms with Crippen LogP contribution in [-0.2, 0) is 29.1 Å². The lowest BCUT2D eigenvalue weighted by Crippen LogP contribution is -2.33. The maximum Gasteiger partial charge on any atom is 0.312 e. The first kappa shape index (κ1) is 23.8. The minimum atomic E-state index is -3.84. The number of carbonyl (C=O) groups excluding carboxylic acids is 3. The van der Waals surface area contributed by atoms with Gasteiger partial charge in [0.05, 0.1) is 10.8 Å². The summed E-state index contributed by atoms with van der Waals surface area (Å²) in [6, 6.07) is 12.7. The van der Waals surface area contributed by atoms with Crippen molar-refractivity contribution in [3.05, 3.63) is 48.5 Å². The van der Waals surface area contributed by atoms with Gasteiger partial charge in [-0.15, -0.1) is 11.8 Å². The van der Waals surface area contributed by atoms with E-state index in [1.807, 2.05) is 30.5 Å². The van der Waals surface area contributed by atoms with Gasteiger partial charge in [-0.1, -0.05) is 6.07 Å². The first-order valence-electron chi connectivity index (χ1n) is 9.67. The molecule has 0 spiro atoms. The van der Waals surface area contributed by atoms with Gasteiger partial charge in [0.2, 0.25) is 15.9 Å². The summed E-state index contributed by atoms with van der Waals surface area (Å²) in [5.41, 5.74) is 1.03. The molecule has 9 nitrogen and oxygen atoms in total. The molecule has 3 N–H and O–H groups in total. The fourth-order valence-electron chi connectivity index (χ4n) is 3.19. The molecule has 0 bridgehead atoms. The zero-order chi connectivity index (χ0) is 23.5. The maximum absolute atomic E-state index is 12.5. The Kier molecular flexibility index (Phi) is 7.22. The summed E-state index contributed by atoms with van der Waals surface area (Å²) < 4.78 is 27.9. The molecule has 1 saturated heterocycles. The van der Waals surface area contributed by atoms with Crippen molar-refractivity contribution in [1.82, 2.24) is 0 Å². The second kappa shape index (κ2) is 9.72. The van der Waals surface area contributed by atoms with Gasteiger partial charge in [-0.2, -0.15) is 0 Å². The molecule has 1 heterocycles. The molecule has 2 aromatic rings. The molecule has 1 aliphatic heterocycles. The Labute approximate surface area is 190 Å². The monoisotopic (exact) mass is 477 g/mol. The summed E-state index contributed by atoms with van der Waals surface area (Å²) >= 11 is 1.55. The van der Waals surface area contributed by atoms with Crippen LogP contribution in [0.15, 0.2) is 58.3 Å². The lowest BCUT2D eigenvalue weighted by molar-refractivity contribution is -0.157. The largest absolute Gasteiger partial charge is 0.452 e. The summed E-state index contributed by atoms with van der Waals surface area (Å²) in [7, 11) is -3.84. The van der Waals surface area contributed by atoms with Gasteiger partial charge >= 0.3 is 5.97 Å². The molecule has 0 saturated carbocycles. The number of hydrogen-bond acceptors (Lipinski definition) is 7. The van der Waals surface area contributed by atoms with E-state index >= 15 is 0 Å². The van der Waals surface area contributed by atoms with Gasteiger partial charge in [0.1, 0.15) is 0 Å². The molecule has 1 aliphatic rings. The Hall–Kier alpha value is -2.89. The molecule has 0 aromatic heterocycles. The van der Waals surface area contributed by atoms with E-state index in [2.05, 4.69) is 5.32 Å². The number of nitrogens with zero attached hydrogens (tertiary/aromatic N) is 1. The van der Waals surface area contributed by atoms with Crippen LogP contribution in [0.25, 0.3) is 0 Å². The third-order valence-corrected chi connectivity index (χ3v) is 6.59. The van der Waals surface area contributed by atoms with Gasteiger partial charge in [0.25, 0.3) is 5.91 Å². The predicted octanol–water partition coefficient (Wildman–Crippen LogP) is 1.98. The highest BCUT2D eigenvalue weighted by Gasteiger charge is 2.37. The number of anilines is 2. The number of carbonyl (C=O) groups is 3. The molecule has 2 amide bonds. The zero-order valence-electron chi connectivity index (χ0n) is 17.5. The SMILES string of the molecule is CSc1cccc(N2C[C@@H](C(=O)O[C@@H](C)C(=O)Nc3ccc(S(N)(=O)=O)cc3)CC2=O)c1. The van der Waals surface area contributed by atoms with Crippen LogP contribution in [-0.4, -0.2) is 45.1 Å². The van der Waals surface area contributed by atoms with E-state index in [1.54, 1.807) is 16.7 Å². The van der Waals surface area contributed by atoms with Gasteiger partial charge < -0.3 is 15.0 Å². The quantitative estimate of drug-likeness (QED) is 0.460. The number of amides is 2. The van der Waals surface area contributed by atoms with Crippen molar-refractivity contribution in [1.29, 1.82) is 0 Å². The van der Waals surface area contributed by atoms with E-state index in [-0.39, 0.29) is 23.8 Å². The Morgan fingerprint density at radius 1 is 1.22 bits per heavy atom. The maximum atomic E-state index is 12.5. The standard InChI is InChI=1S/C21H23N3O6S2/c1-13(20(26)23-15-6-8-18(9-7-15)32(22,28)29)30-21(27)14-10-19(25)24(12-14)16-4-3-5-17(11-16)31-2/h3-9,11,13-14H,10,12H2,1-2H3,(H,23,26)(H2,22,28,29)/t13-,14-/m0/s1. The summed E-state index contributed by atoms with van der Waals surface area (Å²) in [5.74, 6) is -2.08. The van der Waals surface area contributed by atoms with Gasteiger partial charge in [0, 0.05) is 29.2 Å². The normalized spacial score (nSPS) is 17.2. The fourth-order valence-corrected chi connectivity index (χ4v) is 4.16. The number of esters is 1. The molecule has 0 aliphatic carbocycles. The molecule has 3 rings (SSSR count). The van der Waals surface area contributed by atoms with Gasteiger partial charge in [-0.25, -0.2) is 13.6 Å². The van der Waals surface area contributed by atoms with Crippen molar-refractivity contribution in [2.75, 3.05) is 23.0 Å². The van der Waals surface area contributed by atoms with Crippen molar-refractivity contribution in [2.24, 2.45) is 11.1 Å². The van der Waals surface area contributed by atoms with E-state index in [1.165, 1.54) is 31.2 Å². The number of sulfonamides is 1. The molecule has 1 fully saturated rings. The van der Waals surface area contributed by atoms with Crippen molar-refractivity contribution >= 4 is 50.9 Å². The van der Waals surface area contributed by atoms with Crippen LogP contribution in [0, 0.1) is 5.92 Å². The number of hydrogen-bond donors (Lipinski definition) is 2. The van der Waals surface area contributed by atoms with Crippen LogP contribution in [0.5, 0.6) is 0 Å². The van der Waals surface area contributed by atoms with E-state index in [0.717, 1.165) is 4.90 Å². The summed E-state index contributed by atoms with van der Waals surface area (Å²) in [6.07, 6.45) is 0.835. The van der Waals surface area contributed by atoms with Crippen LogP contribution in [0.3, 0.4) is 0 Å². The van der Waals surface area contributed by atoms with Crippen LogP contribution in [0.2, 0.25) is 0 Å². The molecular weight excluding hydrogens is 454 g/mol. The zero-order valence-corrected chi connectivity index (χ0v) is 19.1. The van der Waals surface area contributed by atoms with Gasteiger partial charge in [-0.05, 0) is 55.6 Å². The number of nitrogens with one attached hydrogen (secondary N) is 1. The van der Waals surface area contributed by atoms with Crippen molar-refractivity contribution in [3.8, 4) is 0 Å². The van der Waals surface area contributed by atoms with Crippen LogP contribution >= 0.6 is 11.8 Å². The summed E-state index contributed by atoms with van der Waals surface area (Å²) in [6.45, 7) is 1.60. The molecule has 0 radical (unpaired) electrons. The molecule has 11 heteroatoms. The number of primary sulfonamides is 1. The van der Waals surface area contributed by atoms with E-state index in [0.29, 0.717) is 11.4 Å². The predicted molar refractivity (Wildman–Crippen MR) is 121 cm³/mol. The van der Waals surface area contributed by atoms with Crippen molar-refractivity contribution < 1.29 is 27.5 Å². The molecule has 0 unspecified atom stereocenters. The molecule has 2 atom stereocenters. The molecule has 2 aromatic carbocycles. The lowest BCUT2D eigenvalue weighted by atomic mass is 10.1. The second-order valence-electron chi connectivity index (χ2n) is 7.24. The first-order chi connectivity index (χ1) is 15.1. The van der Waals surface area contributed by atoms with Gasteiger partial charge in [0.15, 0.2) is 6.10 Å². The topological polar surface area (TPSA) is 136 Å². The minimum Gasteiger partial charge on any atom is -0.452 e. The van der Waals surface area contributed by atoms with Crippen LogP contribution in [0.1, 0.15) is 13.3 Å². The lowest BCUT2D eigenvalue weighted by Gasteiger charge is -2.18. The Bertz CT molecular complexity index is 1130. The van der Waals surface area contributed by atoms with E-state index < -0.39 is 33.9 Å². The number of nitrogens with two attached hydrogens (primary N) is 1. The van der Waals surface area contributed by atoms with Crippen molar-refractivity contribution in [2.45, 2.75) is 29.2 Å². The highest BCUT2D eigenvalue weighted by molar-refractivity contribution is 7.98. The van der Waals surface area contributed by atoms with E-state index in [9.17, 15) is 22.8 Å². The Balaban J connectivity index is 1.58. The molecular formula is C21H23N3O6S2. The smallest absolute Gasteiger partial charge is 0.312 e. The van der Waals surface area contributed by atoms with Crippen molar-refractivity contribution in [3.63, 3.8) is 0 Å². The fraction of sp³-hybridized carbons (Fsp3) is 0.286. The number of thioether (sulfide) groups is 1.